The van der Waals surface area contributed by atoms with E-state index in [0.29, 0.717) is 27.6 Å². The predicted molar refractivity (Wildman–Crippen MR) is 132 cm³/mol. The van der Waals surface area contributed by atoms with Crippen LogP contribution in [0.2, 0.25) is 0 Å². The van der Waals surface area contributed by atoms with E-state index in [1.165, 1.54) is 29.1 Å². The Bertz CT molecular complexity index is 1270. The molecule has 0 aliphatic rings. The zero-order valence-electron chi connectivity index (χ0n) is 19.1. The lowest BCUT2D eigenvalue weighted by Crippen LogP contribution is -2.15. The van der Waals surface area contributed by atoms with Gasteiger partial charge in [0.1, 0.15) is 0 Å². The van der Waals surface area contributed by atoms with Gasteiger partial charge in [-0.2, -0.15) is 28.5 Å². The van der Waals surface area contributed by atoms with Crippen LogP contribution in [0.15, 0.2) is 63.7 Å². The van der Waals surface area contributed by atoms with Gasteiger partial charge >= 0.3 is 6.18 Å². The van der Waals surface area contributed by atoms with Crippen LogP contribution in [0.3, 0.4) is 0 Å². The van der Waals surface area contributed by atoms with Gasteiger partial charge in [0.2, 0.25) is 6.41 Å². The molecule has 1 aromatic carbocycles. The summed E-state index contributed by atoms with van der Waals surface area (Å²) in [7, 11) is 1.59. The number of halogens is 3. The molecule has 2 N–H and O–H groups in total. The molecule has 0 saturated heterocycles. The van der Waals surface area contributed by atoms with Crippen LogP contribution in [0.1, 0.15) is 23.9 Å². The number of aromatic amines is 2. The molecule has 0 aliphatic heterocycles. The van der Waals surface area contributed by atoms with E-state index in [9.17, 15) is 18.0 Å². The van der Waals surface area contributed by atoms with Crippen molar-refractivity contribution in [1.29, 1.82) is 0 Å². The zero-order valence-corrected chi connectivity index (χ0v) is 20.0. The van der Waals surface area contributed by atoms with Crippen molar-refractivity contribution in [2.24, 2.45) is 10.1 Å². The van der Waals surface area contributed by atoms with E-state index >= 15 is 0 Å². The normalized spacial score (nSPS) is 13.1. The number of nitrogens with zero attached hydrogens (tertiary/aromatic N) is 5. The first-order valence-corrected chi connectivity index (χ1v) is 11.3. The molecule has 0 fully saturated rings. The van der Waals surface area contributed by atoms with Gasteiger partial charge in [-0.1, -0.05) is 36.5 Å². The molecular weight excluding hydrogens is 479 g/mol. The number of benzene rings is 1. The van der Waals surface area contributed by atoms with Gasteiger partial charge in [-0.3, -0.25) is 20.0 Å². The second-order valence-electron chi connectivity index (χ2n) is 7.44. The average Bonchev–Trinajstić information content (AvgIpc) is 3.46. The molecular formula is C23H24F3N7OS. The van der Waals surface area contributed by atoms with Gasteiger partial charge in [-0.25, -0.2) is 5.01 Å². The number of H-pyrrole nitrogens is 2. The summed E-state index contributed by atoms with van der Waals surface area (Å²) in [6.45, 7) is 6.13. The van der Waals surface area contributed by atoms with Crippen molar-refractivity contribution in [3.05, 3.63) is 70.5 Å². The number of allylic oxidation sites excluding steroid dienone is 2. The lowest BCUT2D eigenvalue weighted by Gasteiger charge is -2.13. The Morgan fingerprint density at radius 3 is 2.80 bits per heavy atom. The summed E-state index contributed by atoms with van der Waals surface area (Å²) in [5.74, 6) is 0. The van der Waals surface area contributed by atoms with Gasteiger partial charge in [0.05, 0.1) is 41.6 Å². The summed E-state index contributed by atoms with van der Waals surface area (Å²) in [5.41, 5.74) is 2.87. The van der Waals surface area contributed by atoms with Gasteiger partial charge in [-0.05, 0) is 24.6 Å². The van der Waals surface area contributed by atoms with E-state index in [1.54, 1.807) is 19.3 Å². The SMILES string of the molecule is C=C(SC(Cc1cc(CC(F)(F)F)n[nH]1)=NC)C(/C=N\N(C=O)Cc1cccc2[nH]ncc12)=C/C. The number of carbonyl (C=O) groups is 1. The fourth-order valence-electron chi connectivity index (χ4n) is 3.21. The highest BCUT2D eigenvalue weighted by Crippen LogP contribution is 2.26. The van der Waals surface area contributed by atoms with Crippen LogP contribution in [-0.2, 0) is 24.2 Å². The number of hydrogen-bond donors (Lipinski definition) is 2. The molecule has 0 unspecified atom stereocenters. The number of nitrogens with one attached hydrogen (secondary N) is 2. The maximum atomic E-state index is 12.6. The first-order chi connectivity index (χ1) is 16.7. The third-order valence-corrected chi connectivity index (χ3v) is 5.95. The molecule has 0 saturated carbocycles. The highest BCUT2D eigenvalue weighted by molar-refractivity contribution is 8.17. The van der Waals surface area contributed by atoms with E-state index in [1.807, 2.05) is 25.1 Å². The Labute approximate surface area is 204 Å². The number of aliphatic imine (C=N–C) groups is 1. The average molecular weight is 504 g/mol. The van der Waals surface area contributed by atoms with Gasteiger partial charge in [0, 0.05) is 35.0 Å². The minimum Gasteiger partial charge on any atom is -0.285 e. The monoisotopic (exact) mass is 503 g/mol. The summed E-state index contributed by atoms with van der Waals surface area (Å²) in [5, 5.41) is 20.3. The number of alkyl halides is 3. The van der Waals surface area contributed by atoms with Crippen molar-refractivity contribution in [2.45, 2.75) is 32.5 Å². The Morgan fingerprint density at radius 1 is 1.31 bits per heavy atom. The van der Waals surface area contributed by atoms with Crippen molar-refractivity contribution in [1.82, 2.24) is 25.4 Å². The van der Waals surface area contributed by atoms with Crippen LogP contribution in [0, 0.1) is 0 Å². The van der Waals surface area contributed by atoms with Crippen molar-refractivity contribution in [3.8, 4) is 0 Å². The van der Waals surface area contributed by atoms with Gasteiger partial charge in [-0.15, -0.1) is 0 Å². The molecule has 0 spiro atoms. The number of fused-ring (bicyclic) bond motifs is 1. The maximum Gasteiger partial charge on any atom is 0.394 e. The van der Waals surface area contributed by atoms with E-state index in [2.05, 4.69) is 37.1 Å². The fourth-order valence-corrected chi connectivity index (χ4v) is 4.10. The topological polar surface area (TPSA) is 102 Å². The zero-order chi connectivity index (χ0) is 25.4. The molecule has 2 aromatic heterocycles. The van der Waals surface area contributed by atoms with Crippen LogP contribution < -0.4 is 0 Å². The lowest BCUT2D eigenvalue weighted by atomic mass is 10.1. The second-order valence-corrected chi connectivity index (χ2v) is 8.60. The van der Waals surface area contributed by atoms with Crippen LogP contribution in [0.25, 0.3) is 10.9 Å². The molecule has 35 heavy (non-hydrogen) atoms. The first-order valence-electron chi connectivity index (χ1n) is 10.5. The number of carbonyl (C=O) groups excluding carboxylic acids is 1. The number of amides is 1. The summed E-state index contributed by atoms with van der Waals surface area (Å²) < 4.78 is 37.7. The molecule has 0 atom stereocenters. The quantitative estimate of drug-likeness (QED) is 0.136. The van der Waals surface area contributed by atoms with Crippen molar-refractivity contribution in [2.75, 3.05) is 7.05 Å². The largest absolute Gasteiger partial charge is 0.394 e. The van der Waals surface area contributed by atoms with Gasteiger partial charge < -0.3 is 0 Å². The second kappa shape index (κ2) is 11.6. The summed E-state index contributed by atoms with van der Waals surface area (Å²) in [4.78, 5) is 16.4. The van der Waals surface area contributed by atoms with Crippen molar-refractivity contribution in [3.63, 3.8) is 0 Å². The first kappa shape index (κ1) is 25.9. The van der Waals surface area contributed by atoms with Crippen LogP contribution in [-0.4, -0.2) is 56.3 Å². The predicted octanol–water partition coefficient (Wildman–Crippen LogP) is 4.80. The Balaban J connectivity index is 1.62. The minimum absolute atomic E-state index is 0.0758. The molecule has 184 valence electrons. The fraction of sp³-hybridized carbons (Fsp3) is 0.261. The van der Waals surface area contributed by atoms with Gasteiger partial charge in [0.25, 0.3) is 0 Å². The molecule has 1 amide bonds. The van der Waals surface area contributed by atoms with Crippen molar-refractivity contribution < 1.29 is 18.0 Å². The number of aromatic nitrogens is 4. The minimum atomic E-state index is -4.32. The number of rotatable bonds is 10. The summed E-state index contributed by atoms with van der Waals surface area (Å²) in [6, 6.07) is 7.04. The molecule has 0 radical (unpaired) electrons. The van der Waals surface area contributed by atoms with E-state index in [-0.39, 0.29) is 18.7 Å². The number of hydrazone groups is 1. The third kappa shape index (κ3) is 7.41. The molecule has 0 aliphatic carbocycles. The summed E-state index contributed by atoms with van der Waals surface area (Å²) >= 11 is 1.27. The van der Waals surface area contributed by atoms with Crippen LogP contribution in [0.5, 0.6) is 0 Å². The Hall–Kier alpha value is -3.67. The summed E-state index contributed by atoms with van der Waals surface area (Å²) in [6.07, 6.45) is 0.516. The van der Waals surface area contributed by atoms with E-state index < -0.39 is 12.6 Å². The van der Waals surface area contributed by atoms with Crippen LogP contribution >= 0.6 is 11.8 Å². The molecule has 8 nitrogen and oxygen atoms in total. The third-order valence-electron chi connectivity index (χ3n) is 4.90. The highest BCUT2D eigenvalue weighted by Gasteiger charge is 2.29. The highest BCUT2D eigenvalue weighted by atomic mass is 32.2. The molecule has 2 heterocycles. The lowest BCUT2D eigenvalue weighted by molar-refractivity contribution is -0.127. The Kier molecular flexibility index (Phi) is 8.63. The van der Waals surface area contributed by atoms with Gasteiger partial charge in [0.15, 0.2) is 0 Å². The smallest absolute Gasteiger partial charge is 0.285 e. The number of thioether (sulfide) groups is 1. The molecule has 0 bridgehead atoms. The van der Waals surface area contributed by atoms with Crippen molar-refractivity contribution >= 4 is 40.3 Å². The molecule has 3 aromatic rings. The standard InChI is InChI=1S/C23H24F3N7OS/c1-4-16(11-29-33(14-34)13-17-6-5-7-21-20(17)12-28-32-21)15(2)35-22(27-3)9-18-8-19(31-30-18)10-23(24,25)26/h4-8,11-12,14H,2,9-10,13H2,1,3H3,(H,28,32)(H,30,31)/b16-4+,27-22?,29-11-. The number of hydrogen-bond acceptors (Lipinski definition) is 6. The molecule has 12 heteroatoms. The maximum absolute atomic E-state index is 12.6. The van der Waals surface area contributed by atoms with E-state index in [4.69, 9.17) is 0 Å². The Morgan fingerprint density at radius 2 is 2.11 bits per heavy atom. The van der Waals surface area contributed by atoms with Crippen LogP contribution in [0.4, 0.5) is 13.2 Å². The molecule has 3 rings (SSSR count). The van der Waals surface area contributed by atoms with E-state index in [0.717, 1.165) is 16.5 Å².